The van der Waals surface area contributed by atoms with Crippen LogP contribution in [0.25, 0.3) is 10.9 Å². The number of aromatic nitrogens is 1. The Balaban J connectivity index is 1.77. The van der Waals surface area contributed by atoms with Gasteiger partial charge >= 0.3 is 0 Å². The summed E-state index contributed by atoms with van der Waals surface area (Å²) >= 11 is 0. The molecule has 2 heterocycles. The lowest BCUT2D eigenvalue weighted by Crippen LogP contribution is -2.54. The number of carbonyl (C=O) groups excluding carboxylic acids is 4. The summed E-state index contributed by atoms with van der Waals surface area (Å²) in [6.07, 6.45) is 0.933. The highest BCUT2D eigenvalue weighted by Gasteiger charge is 2.40. The number of hydrogen-bond donors (Lipinski definition) is 5. The second kappa shape index (κ2) is 10.2. The summed E-state index contributed by atoms with van der Waals surface area (Å²) in [5.74, 6) is -1.73. The third-order valence-electron chi connectivity index (χ3n) is 6.30. The number of benzene rings is 1. The lowest BCUT2D eigenvalue weighted by atomic mass is 9.87. The minimum atomic E-state index is -1.04. The summed E-state index contributed by atoms with van der Waals surface area (Å²) in [5.41, 5.74) is 5.88. The Morgan fingerprint density at radius 2 is 1.89 bits per heavy atom. The van der Waals surface area contributed by atoms with Crippen LogP contribution in [0.4, 0.5) is 0 Å². The van der Waals surface area contributed by atoms with Gasteiger partial charge in [0.2, 0.25) is 17.7 Å². The highest BCUT2D eigenvalue weighted by Crippen LogP contribution is 2.29. The first-order valence-electron chi connectivity index (χ1n) is 12.1. The van der Waals surface area contributed by atoms with E-state index in [-0.39, 0.29) is 29.0 Å². The highest BCUT2D eigenvalue weighted by atomic mass is 16.5. The first-order chi connectivity index (χ1) is 16.7. The maximum absolute atomic E-state index is 13.3. The van der Waals surface area contributed by atoms with Crippen molar-refractivity contribution in [1.29, 1.82) is 0 Å². The molecule has 0 saturated carbocycles. The highest BCUT2D eigenvalue weighted by molar-refractivity contribution is 6.01. The lowest BCUT2D eigenvalue weighted by Gasteiger charge is -2.28. The normalized spacial score (nSPS) is 18.8. The molecule has 1 saturated heterocycles. The van der Waals surface area contributed by atoms with Crippen molar-refractivity contribution in [1.82, 2.24) is 20.9 Å². The Labute approximate surface area is 211 Å². The lowest BCUT2D eigenvalue weighted by molar-refractivity contribution is -0.130. The molecule has 2 unspecified atom stereocenters. The number of fused-ring (bicyclic) bond motifs is 1. The van der Waals surface area contributed by atoms with E-state index in [0.717, 1.165) is 10.9 Å². The van der Waals surface area contributed by atoms with E-state index in [9.17, 15) is 19.2 Å². The minimum absolute atomic E-state index is 0.0916. The number of carbonyl (C=O) groups is 4. The molecule has 36 heavy (non-hydrogen) atoms. The standard InChI is InChI=1S/C26H37N5O5/c1-25(2,3)13-19(30-23(34)18-11-15-16(28-18)8-7-9-20(15)36-6)24(35)29-17(21(27)32)10-14-12-26(4,5)31-22(14)33/h7-9,11,14,17,19,28H,10,12-13H2,1-6H3,(H2,27,32)(H,29,35)(H,30,34)(H,31,33)/t14-,17?,19?/m1/s1. The summed E-state index contributed by atoms with van der Waals surface area (Å²) < 4.78 is 5.36. The van der Waals surface area contributed by atoms with E-state index < -0.39 is 35.7 Å². The van der Waals surface area contributed by atoms with Crippen LogP contribution in [0.2, 0.25) is 0 Å². The summed E-state index contributed by atoms with van der Waals surface area (Å²) in [6, 6.07) is 5.13. The maximum atomic E-state index is 13.3. The van der Waals surface area contributed by atoms with Gasteiger partial charge in [-0.2, -0.15) is 0 Å². The second-order valence-corrected chi connectivity index (χ2v) is 11.4. The number of aromatic amines is 1. The third kappa shape index (κ3) is 6.56. The Kier molecular flexibility index (Phi) is 7.66. The Morgan fingerprint density at radius 1 is 1.19 bits per heavy atom. The van der Waals surface area contributed by atoms with Gasteiger partial charge in [-0.25, -0.2) is 0 Å². The van der Waals surface area contributed by atoms with Crippen molar-refractivity contribution >= 4 is 34.5 Å². The van der Waals surface area contributed by atoms with Gasteiger partial charge in [0, 0.05) is 22.4 Å². The van der Waals surface area contributed by atoms with Crippen molar-refractivity contribution in [2.75, 3.05) is 7.11 Å². The largest absolute Gasteiger partial charge is 0.496 e. The van der Waals surface area contributed by atoms with E-state index in [1.54, 1.807) is 19.2 Å². The van der Waals surface area contributed by atoms with Gasteiger partial charge in [0.05, 0.1) is 7.11 Å². The number of methoxy groups -OCH3 is 1. The molecule has 1 fully saturated rings. The average molecular weight is 500 g/mol. The molecule has 196 valence electrons. The third-order valence-corrected chi connectivity index (χ3v) is 6.30. The molecule has 1 aromatic heterocycles. The number of ether oxygens (including phenoxy) is 1. The first-order valence-corrected chi connectivity index (χ1v) is 12.1. The van der Waals surface area contributed by atoms with E-state index in [1.165, 1.54) is 0 Å². The van der Waals surface area contributed by atoms with Gasteiger partial charge in [-0.15, -0.1) is 0 Å². The molecule has 0 spiro atoms. The monoisotopic (exact) mass is 499 g/mol. The molecule has 10 heteroatoms. The smallest absolute Gasteiger partial charge is 0.268 e. The molecule has 2 aromatic rings. The van der Waals surface area contributed by atoms with E-state index >= 15 is 0 Å². The van der Waals surface area contributed by atoms with Gasteiger partial charge in [-0.05, 0) is 56.7 Å². The Morgan fingerprint density at radius 3 is 2.44 bits per heavy atom. The van der Waals surface area contributed by atoms with Crippen LogP contribution in [0.3, 0.4) is 0 Å². The molecule has 4 amide bonds. The Bertz CT molecular complexity index is 1160. The fourth-order valence-electron chi connectivity index (χ4n) is 4.67. The quantitative estimate of drug-likeness (QED) is 0.357. The molecule has 10 nitrogen and oxygen atoms in total. The number of rotatable bonds is 9. The molecule has 1 aliphatic rings. The molecular formula is C26H37N5O5. The molecule has 1 aromatic carbocycles. The van der Waals surface area contributed by atoms with Gasteiger partial charge in [-0.3, -0.25) is 19.2 Å². The molecule has 6 N–H and O–H groups in total. The first kappa shape index (κ1) is 27.0. The zero-order chi connectivity index (χ0) is 26.8. The van der Waals surface area contributed by atoms with Crippen molar-refractivity contribution in [3.63, 3.8) is 0 Å². The van der Waals surface area contributed by atoms with Crippen LogP contribution in [-0.4, -0.2) is 53.3 Å². The summed E-state index contributed by atoms with van der Waals surface area (Å²) in [5, 5.41) is 9.10. The minimum Gasteiger partial charge on any atom is -0.496 e. The van der Waals surface area contributed by atoms with Crippen LogP contribution in [0.5, 0.6) is 5.75 Å². The van der Waals surface area contributed by atoms with Crippen molar-refractivity contribution in [2.24, 2.45) is 17.1 Å². The van der Waals surface area contributed by atoms with E-state index in [0.29, 0.717) is 18.6 Å². The van der Waals surface area contributed by atoms with Gasteiger partial charge in [-0.1, -0.05) is 26.8 Å². The van der Waals surface area contributed by atoms with Crippen molar-refractivity contribution in [2.45, 2.75) is 71.5 Å². The molecule has 1 aliphatic heterocycles. The van der Waals surface area contributed by atoms with Gasteiger partial charge in [0.1, 0.15) is 23.5 Å². The van der Waals surface area contributed by atoms with E-state index in [1.807, 2.05) is 46.8 Å². The number of amides is 4. The van der Waals surface area contributed by atoms with Crippen molar-refractivity contribution in [3.8, 4) is 5.75 Å². The van der Waals surface area contributed by atoms with Crippen LogP contribution < -0.4 is 26.4 Å². The molecular weight excluding hydrogens is 462 g/mol. The predicted molar refractivity (Wildman–Crippen MR) is 136 cm³/mol. The molecule has 0 bridgehead atoms. The van der Waals surface area contributed by atoms with Gasteiger partial charge in [0.15, 0.2) is 0 Å². The summed E-state index contributed by atoms with van der Waals surface area (Å²) in [6.45, 7) is 9.64. The number of hydrogen-bond acceptors (Lipinski definition) is 5. The number of H-pyrrole nitrogens is 1. The fourth-order valence-corrected chi connectivity index (χ4v) is 4.67. The van der Waals surface area contributed by atoms with Gasteiger partial charge < -0.3 is 31.4 Å². The number of nitrogens with one attached hydrogen (secondary N) is 4. The fraction of sp³-hybridized carbons (Fsp3) is 0.538. The van der Waals surface area contributed by atoms with Crippen LogP contribution in [0.15, 0.2) is 24.3 Å². The number of primary amides is 1. The molecule has 0 radical (unpaired) electrons. The SMILES string of the molecule is COc1cccc2[nH]c(C(=O)NC(CC(C)(C)C)C(=O)NC(C[C@@H]3CC(C)(C)NC3=O)C(N)=O)cc12. The van der Waals surface area contributed by atoms with Gasteiger partial charge in [0.25, 0.3) is 5.91 Å². The van der Waals surface area contributed by atoms with Crippen LogP contribution in [0.1, 0.15) is 64.4 Å². The zero-order valence-electron chi connectivity index (χ0n) is 21.8. The maximum Gasteiger partial charge on any atom is 0.268 e. The molecule has 3 atom stereocenters. The summed E-state index contributed by atoms with van der Waals surface area (Å²) in [7, 11) is 1.55. The summed E-state index contributed by atoms with van der Waals surface area (Å²) in [4.78, 5) is 54.0. The predicted octanol–water partition coefficient (Wildman–Crippen LogP) is 1.99. The van der Waals surface area contributed by atoms with Crippen LogP contribution in [0, 0.1) is 11.3 Å². The average Bonchev–Trinajstić information content (AvgIpc) is 3.31. The topological polar surface area (TPSA) is 155 Å². The zero-order valence-corrected chi connectivity index (χ0v) is 21.8. The molecule has 3 rings (SSSR count). The number of nitrogens with two attached hydrogens (primary N) is 1. The van der Waals surface area contributed by atoms with Crippen molar-refractivity contribution in [3.05, 3.63) is 30.0 Å². The van der Waals surface area contributed by atoms with Crippen LogP contribution >= 0.6 is 0 Å². The Hall–Kier alpha value is -3.56. The van der Waals surface area contributed by atoms with E-state index in [2.05, 4.69) is 20.9 Å². The van der Waals surface area contributed by atoms with Crippen LogP contribution in [-0.2, 0) is 14.4 Å². The second-order valence-electron chi connectivity index (χ2n) is 11.4. The van der Waals surface area contributed by atoms with E-state index in [4.69, 9.17) is 10.5 Å². The molecule has 0 aliphatic carbocycles. The van der Waals surface area contributed by atoms with Crippen molar-refractivity contribution < 1.29 is 23.9 Å².